The highest BCUT2D eigenvalue weighted by molar-refractivity contribution is 6.21. The number of hydrogen-bond donors (Lipinski definition) is 3. The van der Waals surface area contributed by atoms with E-state index in [1.165, 1.54) is 6.92 Å². The summed E-state index contributed by atoms with van der Waals surface area (Å²) in [6, 6.07) is 0. The maximum atomic E-state index is 14.2. The van der Waals surface area contributed by atoms with Gasteiger partial charge in [0, 0.05) is 87.1 Å². The number of aliphatic hydroxyl groups is 1. The summed E-state index contributed by atoms with van der Waals surface area (Å²) in [7, 11) is 0. The quantitative estimate of drug-likeness (QED) is 0.0726. The summed E-state index contributed by atoms with van der Waals surface area (Å²) in [4.78, 5) is 79.0. The fraction of sp³-hybridized carbons (Fsp3) is 0.547. The molecule has 6 heterocycles. The minimum absolute atomic E-state index is 0.0589. The molecule has 6 aliphatic heterocycles. The molecule has 70 heavy (non-hydrogen) atoms. The topological polar surface area (TPSA) is 222 Å². The lowest BCUT2D eigenvalue weighted by Gasteiger charge is -2.44. The summed E-state index contributed by atoms with van der Waals surface area (Å²) < 4.78 is 34.6. The average Bonchev–Trinajstić information content (AvgIpc) is 4.05. The number of amides is 1. The fourth-order valence-corrected chi connectivity index (χ4v) is 10.4. The lowest BCUT2D eigenvalue weighted by molar-refractivity contribution is -0.257. The van der Waals surface area contributed by atoms with Gasteiger partial charge in [-0.3, -0.25) is 24.0 Å². The molecule has 1 aliphatic carbocycles. The van der Waals surface area contributed by atoms with Crippen molar-refractivity contribution < 1.29 is 57.5 Å². The number of ether oxygens (including phenoxy) is 6. The van der Waals surface area contributed by atoms with Crippen LogP contribution in [0.2, 0.25) is 0 Å². The molecule has 7 rings (SSSR count). The molecule has 0 radical (unpaired) electrons. The van der Waals surface area contributed by atoms with Crippen LogP contribution in [0.3, 0.4) is 0 Å². The second-order valence-electron chi connectivity index (χ2n) is 18.8. The average molecular weight is 966 g/mol. The molecule has 17 nitrogen and oxygen atoms in total. The number of carbonyl (C=O) groups is 5. The van der Waals surface area contributed by atoms with E-state index < -0.39 is 67.0 Å². The highest BCUT2D eigenvalue weighted by Crippen LogP contribution is 2.47. The summed E-state index contributed by atoms with van der Waals surface area (Å²) in [6.45, 7) is 19.4. The third kappa shape index (κ3) is 10.9. The van der Waals surface area contributed by atoms with Gasteiger partial charge in [0.25, 0.3) is 0 Å². The van der Waals surface area contributed by atoms with Crippen molar-refractivity contribution in [1.29, 1.82) is 0 Å². The second-order valence-corrected chi connectivity index (χ2v) is 18.8. The Balaban J connectivity index is 1.25. The molecular formula is C53H67N5O12. The van der Waals surface area contributed by atoms with Gasteiger partial charge in [-0.1, -0.05) is 40.0 Å². The van der Waals surface area contributed by atoms with Crippen LogP contribution in [0, 0.1) is 11.8 Å². The monoisotopic (exact) mass is 965 g/mol. The van der Waals surface area contributed by atoms with Crippen molar-refractivity contribution in [3.8, 4) is 0 Å². The zero-order chi connectivity index (χ0) is 50.7. The summed E-state index contributed by atoms with van der Waals surface area (Å²) in [5.74, 6) is -3.76. The van der Waals surface area contributed by atoms with E-state index in [1.54, 1.807) is 0 Å². The van der Waals surface area contributed by atoms with Gasteiger partial charge in [-0.15, -0.1) is 0 Å². The zero-order valence-electron chi connectivity index (χ0n) is 42.2. The number of carbonyl (C=O) groups excluding carboxylic acids is 5. The normalized spacial score (nSPS) is 26.3. The molecule has 0 spiro atoms. The molecule has 8 bridgehead atoms. The van der Waals surface area contributed by atoms with Crippen molar-refractivity contribution in [2.75, 3.05) is 13.2 Å². The third-order valence-corrected chi connectivity index (χ3v) is 13.8. The first-order chi connectivity index (χ1) is 33.3. The molecule has 0 saturated carbocycles. The van der Waals surface area contributed by atoms with E-state index in [1.807, 2.05) is 13.0 Å². The Morgan fingerprint density at radius 1 is 0.829 bits per heavy atom. The van der Waals surface area contributed by atoms with Crippen molar-refractivity contribution >= 4 is 46.9 Å². The number of unbranched alkanes of at least 4 members (excludes halogenated alkanes) is 3. The van der Waals surface area contributed by atoms with Gasteiger partial charge in [0.2, 0.25) is 5.91 Å². The van der Waals surface area contributed by atoms with Gasteiger partial charge in [-0.05, 0) is 87.5 Å². The van der Waals surface area contributed by atoms with Crippen LogP contribution in [-0.4, -0.2) is 102 Å². The van der Waals surface area contributed by atoms with Crippen molar-refractivity contribution in [2.45, 2.75) is 164 Å². The fourth-order valence-electron chi connectivity index (χ4n) is 10.4. The molecule has 1 amide bonds. The van der Waals surface area contributed by atoms with Gasteiger partial charge in [0.1, 0.15) is 18.5 Å². The van der Waals surface area contributed by atoms with Crippen LogP contribution in [0.25, 0.3) is 0 Å². The number of nitrogens with one attached hydrogen (secondary N) is 2. The number of allylic oxidation sites excluding steroid dienone is 11. The van der Waals surface area contributed by atoms with Crippen LogP contribution in [0.1, 0.15) is 128 Å². The van der Waals surface area contributed by atoms with Crippen LogP contribution >= 0.6 is 0 Å². The SMILES string of the molecule is CCCCCCOC(C)C1=C(C)C2=NC1=CC1=NC(=CC3=C(C)C4=C(O)CC(=C5NC(=C2)[C@@H](C)[C@@H]5CCC(=O)N[C@@H]2O[C@H](COC(C)=O)[C@H](OC(C)=O)[C@H](OC(C)=O)[C@H]2OC(C)=O)C4=N3)C(CC)=C1C. The minimum Gasteiger partial charge on any atom is -0.511 e. The number of hydrogen-bond acceptors (Lipinski definition) is 16. The van der Waals surface area contributed by atoms with Crippen molar-refractivity contribution in [3.05, 3.63) is 91.5 Å². The zero-order valence-corrected chi connectivity index (χ0v) is 42.2. The molecule has 1 unspecified atom stereocenters. The van der Waals surface area contributed by atoms with Crippen molar-refractivity contribution in [3.63, 3.8) is 0 Å². The van der Waals surface area contributed by atoms with Crippen LogP contribution in [-0.2, 0) is 52.4 Å². The molecule has 7 aliphatic rings. The Hall–Kier alpha value is -6.20. The Morgan fingerprint density at radius 3 is 2.17 bits per heavy atom. The van der Waals surface area contributed by atoms with E-state index in [-0.39, 0.29) is 36.5 Å². The van der Waals surface area contributed by atoms with E-state index in [9.17, 15) is 29.1 Å². The number of esters is 4. The first kappa shape index (κ1) is 51.6. The first-order valence-corrected chi connectivity index (χ1v) is 24.5. The number of fused-ring (bicyclic) bond motifs is 5. The molecule has 376 valence electrons. The summed E-state index contributed by atoms with van der Waals surface area (Å²) >= 11 is 0. The van der Waals surface area contributed by atoms with Gasteiger partial charge >= 0.3 is 23.9 Å². The Bertz CT molecular complexity index is 2580. The third-order valence-electron chi connectivity index (χ3n) is 13.8. The van der Waals surface area contributed by atoms with Crippen molar-refractivity contribution in [2.24, 2.45) is 26.8 Å². The van der Waals surface area contributed by atoms with Gasteiger partial charge in [-0.2, -0.15) is 0 Å². The van der Waals surface area contributed by atoms with Gasteiger partial charge < -0.3 is 44.2 Å². The molecule has 2 fully saturated rings. The van der Waals surface area contributed by atoms with Crippen LogP contribution in [0.5, 0.6) is 0 Å². The number of aliphatic hydroxyl groups excluding tert-OH is 1. The number of aliphatic imine (C=N–C) groups is 3. The first-order valence-electron chi connectivity index (χ1n) is 24.5. The lowest BCUT2D eigenvalue weighted by Crippen LogP contribution is -2.66. The molecule has 17 heteroatoms. The molecule has 3 N–H and O–H groups in total. The van der Waals surface area contributed by atoms with Gasteiger partial charge in [0.15, 0.2) is 24.5 Å². The largest absolute Gasteiger partial charge is 0.511 e. The second kappa shape index (κ2) is 21.8. The smallest absolute Gasteiger partial charge is 0.303 e. The van der Waals surface area contributed by atoms with E-state index in [0.717, 1.165) is 121 Å². The predicted octanol–water partition coefficient (Wildman–Crippen LogP) is 7.62. The van der Waals surface area contributed by atoms with E-state index in [4.69, 9.17) is 43.4 Å². The minimum atomic E-state index is -1.46. The lowest BCUT2D eigenvalue weighted by atomic mass is 9.86. The maximum absolute atomic E-state index is 14.2. The molecule has 2 saturated heterocycles. The van der Waals surface area contributed by atoms with Gasteiger partial charge in [-0.25, -0.2) is 15.0 Å². The van der Waals surface area contributed by atoms with Crippen LogP contribution in [0.4, 0.5) is 0 Å². The molecule has 0 aromatic heterocycles. The number of nitrogens with zero attached hydrogens (tertiary/aromatic N) is 3. The molecule has 0 aromatic carbocycles. The van der Waals surface area contributed by atoms with Gasteiger partial charge in [0.05, 0.1) is 40.3 Å². The Morgan fingerprint density at radius 2 is 1.50 bits per heavy atom. The standard InChI is InChI=1S/C53H67N5O12/c1-12-14-15-16-19-65-29(7)46-27(5)39-21-38-26(4)35(17-18-45(64)58-53-52(69-33(11)62)51(68-32(10)61)50(67-31(9)60)44(70-53)24-66-30(8)59)48(56-38)36-20-43(63)47-28(6)40(57-49(36)47)22-41-34(13-2)25(3)37(54-41)23-42(46)55-39/h21-23,26,29,35,44,50-53,56,63H,12-20,24H2,1-11H3,(H,58,64)/t26-,29?,35-,44+,50-,51-,52+,53+/m0/s1. The van der Waals surface area contributed by atoms with E-state index in [0.29, 0.717) is 30.0 Å². The highest BCUT2D eigenvalue weighted by Gasteiger charge is 2.53. The molecular weight excluding hydrogens is 899 g/mol. The van der Waals surface area contributed by atoms with E-state index >= 15 is 0 Å². The molecule has 8 atom stereocenters. The summed E-state index contributed by atoms with van der Waals surface area (Å²) in [5, 5.41) is 18.2. The van der Waals surface area contributed by atoms with Crippen LogP contribution in [0.15, 0.2) is 106 Å². The number of rotatable bonds is 17. The summed E-state index contributed by atoms with van der Waals surface area (Å²) in [5.41, 5.74) is 12.8. The Kier molecular flexibility index (Phi) is 16.1. The van der Waals surface area contributed by atoms with Crippen LogP contribution < -0.4 is 10.6 Å². The maximum Gasteiger partial charge on any atom is 0.303 e. The summed E-state index contributed by atoms with van der Waals surface area (Å²) in [6.07, 6.45) is 4.56. The highest BCUT2D eigenvalue weighted by atomic mass is 16.7. The predicted molar refractivity (Wildman–Crippen MR) is 261 cm³/mol. The Labute approximate surface area is 409 Å². The van der Waals surface area contributed by atoms with Crippen molar-refractivity contribution in [1.82, 2.24) is 10.6 Å². The van der Waals surface area contributed by atoms with E-state index in [2.05, 4.69) is 64.3 Å². The molecule has 0 aromatic rings.